The van der Waals surface area contributed by atoms with E-state index in [0.717, 1.165) is 19.3 Å². The van der Waals surface area contributed by atoms with Gasteiger partial charge in [0.2, 0.25) is 0 Å². The Labute approximate surface area is 109 Å². The number of methoxy groups -OCH3 is 1. The lowest BCUT2D eigenvalue weighted by atomic mass is 9.85. The van der Waals surface area contributed by atoms with E-state index in [-0.39, 0.29) is 16.0 Å². The Bertz CT molecular complexity index is 309. The lowest BCUT2D eigenvalue weighted by Crippen LogP contribution is -2.29. The number of ether oxygens (including phenoxy) is 1. The van der Waals surface area contributed by atoms with Crippen LogP contribution in [0.2, 0.25) is 0 Å². The predicted octanol–water partition coefficient (Wildman–Crippen LogP) is 3.81. The van der Waals surface area contributed by atoms with Crippen molar-refractivity contribution in [3.8, 4) is 0 Å². The fraction of sp³-hybridized carbons (Fsp3) is 0.786. The molecule has 3 heteroatoms. The number of hydrogen-bond donors (Lipinski definition) is 0. The summed E-state index contributed by atoms with van der Waals surface area (Å²) in [7, 11) is 1.46. The van der Waals surface area contributed by atoms with Crippen molar-refractivity contribution in [3.05, 3.63) is 11.6 Å². The number of hydrogen-bond acceptors (Lipinski definition) is 3. The second kappa shape index (κ2) is 5.94. The lowest BCUT2D eigenvalue weighted by Gasteiger charge is -2.34. The molecule has 0 fully saturated rings. The van der Waals surface area contributed by atoms with Crippen molar-refractivity contribution in [3.63, 3.8) is 0 Å². The molecule has 0 aromatic heterocycles. The fourth-order valence-corrected chi connectivity index (χ4v) is 3.68. The van der Waals surface area contributed by atoms with Crippen molar-refractivity contribution in [2.24, 2.45) is 5.92 Å². The molecule has 0 aliphatic heterocycles. The molecule has 0 saturated carbocycles. The van der Waals surface area contributed by atoms with Crippen LogP contribution in [-0.4, -0.2) is 23.1 Å². The Hall–Kier alpha value is -0.440. The van der Waals surface area contributed by atoms with Crippen LogP contribution < -0.4 is 0 Å². The third-order valence-electron chi connectivity index (χ3n) is 3.47. The average Bonchev–Trinajstić information content (AvgIpc) is 2.27. The summed E-state index contributed by atoms with van der Waals surface area (Å²) < 4.78 is 4.97. The van der Waals surface area contributed by atoms with Crippen LogP contribution in [0.25, 0.3) is 0 Å². The van der Waals surface area contributed by atoms with Gasteiger partial charge in [0.05, 0.1) is 7.11 Å². The highest BCUT2D eigenvalue weighted by Crippen LogP contribution is 2.42. The van der Waals surface area contributed by atoms with Crippen molar-refractivity contribution < 1.29 is 9.53 Å². The zero-order valence-electron chi connectivity index (χ0n) is 11.6. The Balaban J connectivity index is 2.58. The molecular weight excluding hydrogens is 232 g/mol. The molecule has 17 heavy (non-hydrogen) atoms. The normalized spacial score (nSPS) is 26.6. The molecule has 0 aromatic carbocycles. The van der Waals surface area contributed by atoms with Crippen LogP contribution in [0.5, 0.6) is 0 Å². The summed E-state index contributed by atoms with van der Waals surface area (Å²) in [5.74, 6) is 0.539. The predicted molar refractivity (Wildman–Crippen MR) is 74.2 cm³/mol. The highest BCUT2D eigenvalue weighted by molar-refractivity contribution is 8.01. The van der Waals surface area contributed by atoms with E-state index in [4.69, 9.17) is 4.74 Å². The zero-order valence-corrected chi connectivity index (χ0v) is 12.4. The van der Waals surface area contributed by atoms with E-state index in [1.54, 1.807) is 17.3 Å². The van der Waals surface area contributed by atoms with Crippen molar-refractivity contribution in [2.45, 2.75) is 57.0 Å². The first kappa shape index (κ1) is 14.6. The van der Waals surface area contributed by atoms with Gasteiger partial charge < -0.3 is 4.74 Å². The van der Waals surface area contributed by atoms with Gasteiger partial charge in [0.15, 0.2) is 0 Å². The smallest absolute Gasteiger partial charge is 0.318 e. The molecule has 0 N–H and O–H groups in total. The Kier molecular flexibility index (Phi) is 5.11. The summed E-state index contributed by atoms with van der Waals surface area (Å²) in [4.78, 5) is 11.4. The third kappa shape index (κ3) is 4.06. The topological polar surface area (TPSA) is 26.3 Å². The van der Waals surface area contributed by atoms with Crippen LogP contribution in [0.15, 0.2) is 11.6 Å². The number of carbonyl (C=O) groups is 1. The molecule has 0 saturated heterocycles. The monoisotopic (exact) mass is 256 g/mol. The second-order valence-corrected chi connectivity index (χ2v) is 7.30. The maximum atomic E-state index is 11.4. The van der Waals surface area contributed by atoms with Crippen LogP contribution in [0.3, 0.4) is 0 Å². The average molecular weight is 256 g/mol. The van der Waals surface area contributed by atoms with Crippen molar-refractivity contribution in [1.82, 2.24) is 0 Å². The summed E-state index contributed by atoms with van der Waals surface area (Å²) in [6.45, 7) is 8.69. The molecule has 98 valence electrons. The lowest BCUT2D eigenvalue weighted by molar-refractivity contribution is -0.139. The minimum absolute atomic E-state index is 0.0704. The van der Waals surface area contributed by atoms with Gasteiger partial charge in [-0.1, -0.05) is 32.4 Å². The fourth-order valence-electron chi connectivity index (χ4n) is 2.23. The van der Waals surface area contributed by atoms with Crippen molar-refractivity contribution in [1.29, 1.82) is 0 Å². The quantitative estimate of drug-likeness (QED) is 0.565. The van der Waals surface area contributed by atoms with E-state index >= 15 is 0 Å². The molecule has 2 atom stereocenters. The molecule has 1 rings (SSSR count). The number of carbonyl (C=O) groups excluding carboxylic acids is 1. The maximum Gasteiger partial charge on any atom is 0.318 e. The van der Waals surface area contributed by atoms with Crippen molar-refractivity contribution in [2.75, 3.05) is 7.11 Å². The molecule has 2 nitrogen and oxygen atoms in total. The van der Waals surface area contributed by atoms with E-state index in [1.165, 1.54) is 7.11 Å². The van der Waals surface area contributed by atoms with Gasteiger partial charge in [0.25, 0.3) is 0 Å². The Morgan fingerprint density at radius 1 is 1.47 bits per heavy atom. The van der Waals surface area contributed by atoms with Crippen LogP contribution in [0.4, 0.5) is 0 Å². The van der Waals surface area contributed by atoms with Gasteiger partial charge in [-0.2, -0.15) is 0 Å². The summed E-state index contributed by atoms with van der Waals surface area (Å²) in [5.41, 5.74) is 1.56. The molecule has 0 radical (unpaired) electrons. The highest BCUT2D eigenvalue weighted by atomic mass is 32.2. The minimum Gasteiger partial charge on any atom is -0.468 e. The van der Waals surface area contributed by atoms with Crippen LogP contribution in [0, 0.1) is 5.92 Å². The Morgan fingerprint density at radius 2 is 2.12 bits per heavy atom. The van der Waals surface area contributed by atoms with Gasteiger partial charge in [-0.25, -0.2) is 0 Å². The van der Waals surface area contributed by atoms with E-state index in [9.17, 15) is 4.79 Å². The van der Waals surface area contributed by atoms with Gasteiger partial charge >= 0.3 is 5.97 Å². The molecule has 0 spiro atoms. The molecule has 0 heterocycles. The Morgan fingerprint density at radius 3 is 2.53 bits per heavy atom. The minimum atomic E-state index is -0.116. The summed E-state index contributed by atoms with van der Waals surface area (Å²) in [6.07, 6.45) is 5.75. The molecule has 2 unspecified atom stereocenters. The van der Waals surface area contributed by atoms with Crippen LogP contribution >= 0.6 is 11.8 Å². The van der Waals surface area contributed by atoms with Gasteiger partial charge in [-0.05, 0) is 32.1 Å². The van der Waals surface area contributed by atoms with E-state index in [1.807, 2.05) is 6.92 Å². The number of rotatable bonds is 4. The summed E-state index contributed by atoms with van der Waals surface area (Å²) in [5, 5.41) is -0.0704. The number of thioether (sulfide) groups is 1. The first-order valence-corrected chi connectivity index (χ1v) is 7.20. The molecule has 1 aliphatic rings. The van der Waals surface area contributed by atoms with Gasteiger partial charge in [0.1, 0.15) is 5.25 Å². The molecule has 1 aliphatic carbocycles. The van der Waals surface area contributed by atoms with Crippen LogP contribution in [-0.2, 0) is 9.53 Å². The van der Waals surface area contributed by atoms with E-state index < -0.39 is 0 Å². The first-order chi connectivity index (χ1) is 7.88. The van der Waals surface area contributed by atoms with Gasteiger partial charge in [0, 0.05) is 4.75 Å². The summed E-state index contributed by atoms with van der Waals surface area (Å²) >= 11 is 1.75. The highest BCUT2D eigenvalue weighted by Gasteiger charge is 2.32. The molecule has 0 amide bonds. The standard InChI is InChI=1S/C14H24O2S/c1-10(2)12-6-8-14(4,9-7-12)17-11(3)13(15)16-5/h6,10-11H,7-9H2,1-5H3. The summed E-state index contributed by atoms with van der Waals surface area (Å²) in [6, 6.07) is 0. The largest absolute Gasteiger partial charge is 0.468 e. The SMILES string of the molecule is COC(=O)C(C)SC1(C)CC=C(C(C)C)CC1. The maximum absolute atomic E-state index is 11.4. The number of allylic oxidation sites excluding steroid dienone is 2. The zero-order chi connectivity index (χ0) is 13.1. The molecule has 0 aromatic rings. The third-order valence-corrected chi connectivity index (χ3v) is 4.96. The first-order valence-electron chi connectivity index (χ1n) is 6.32. The van der Waals surface area contributed by atoms with Gasteiger partial charge in [-0.15, -0.1) is 11.8 Å². The second-order valence-electron chi connectivity index (χ2n) is 5.37. The molecule has 0 bridgehead atoms. The van der Waals surface area contributed by atoms with E-state index in [2.05, 4.69) is 26.8 Å². The molecular formula is C14H24O2S. The van der Waals surface area contributed by atoms with Crippen molar-refractivity contribution >= 4 is 17.7 Å². The number of esters is 1. The van der Waals surface area contributed by atoms with E-state index in [0.29, 0.717) is 5.92 Å². The van der Waals surface area contributed by atoms with Gasteiger partial charge in [-0.3, -0.25) is 4.79 Å². The van der Waals surface area contributed by atoms with Crippen LogP contribution in [0.1, 0.15) is 47.0 Å².